The van der Waals surface area contributed by atoms with Gasteiger partial charge in [-0.3, -0.25) is 14.5 Å². The van der Waals surface area contributed by atoms with Crippen molar-refractivity contribution in [2.75, 3.05) is 37.1 Å². The number of nitrogens with one attached hydrogen (secondary N) is 1. The lowest BCUT2D eigenvalue weighted by Gasteiger charge is -2.28. The molecule has 1 aliphatic heterocycles. The number of ether oxygens (including phenoxy) is 3. The summed E-state index contributed by atoms with van der Waals surface area (Å²) in [6.45, 7) is 1.57. The Balaban J connectivity index is 1.60. The summed E-state index contributed by atoms with van der Waals surface area (Å²) in [7, 11) is 1.58. The molecule has 1 N–H and O–H groups in total. The second-order valence-corrected chi connectivity index (χ2v) is 7.97. The van der Waals surface area contributed by atoms with Crippen LogP contribution < -0.4 is 19.7 Å². The summed E-state index contributed by atoms with van der Waals surface area (Å²) in [5, 5.41) is 4.93. The number of benzene rings is 2. The molecule has 0 unspecified atom stereocenters. The third kappa shape index (κ3) is 4.68. The Morgan fingerprint density at radius 3 is 2.64 bits per heavy atom. The highest BCUT2D eigenvalue weighted by molar-refractivity contribution is 7.15. The normalized spacial score (nSPS) is 12.5. The van der Waals surface area contributed by atoms with Crippen LogP contribution in [0.5, 0.6) is 11.5 Å². The van der Waals surface area contributed by atoms with Gasteiger partial charge in [0.15, 0.2) is 6.61 Å². The van der Waals surface area contributed by atoms with Crippen molar-refractivity contribution in [2.24, 2.45) is 0 Å². The molecule has 0 radical (unpaired) electrons. The average Bonchev–Trinajstić information content (AvgIpc) is 3.24. The fourth-order valence-electron chi connectivity index (χ4n) is 3.48. The lowest BCUT2D eigenvalue weighted by molar-refractivity contribution is -0.123. The highest BCUT2D eigenvalue weighted by Crippen LogP contribution is 2.37. The molecular weight excluding hydrogens is 444 g/mol. The molecule has 2 aromatic carbocycles. The van der Waals surface area contributed by atoms with E-state index in [1.165, 1.54) is 16.2 Å². The van der Waals surface area contributed by atoms with E-state index in [-0.39, 0.29) is 31.2 Å². The number of para-hydroxylation sites is 2. The Morgan fingerprint density at radius 2 is 1.91 bits per heavy atom. The van der Waals surface area contributed by atoms with E-state index in [4.69, 9.17) is 14.2 Å². The predicted molar refractivity (Wildman–Crippen MR) is 125 cm³/mol. The maximum Gasteiger partial charge on any atom is 0.341 e. The quantitative estimate of drug-likeness (QED) is 0.530. The minimum absolute atomic E-state index is 0.140. The van der Waals surface area contributed by atoms with Crippen LogP contribution in [0.15, 0.2) is 53.9 Å². The highest BCUT2D eigenvalue weighted by atomic mass is 32.1. The summed E-state index contributed by atoms with van der Waals surface area (Å²) in [6.07, 6.45) is 0. The van der Waals surface area contributed by atoms with Gasteiger partial charge in [0.1, 0.15) is 28.6 Å². The van der Waals surface area contributed by atoms with Crippen LogP contribution in [0, 0.1) is 0 Å². The number of rotatable bonds is 7. The van der Waals surface area contributed by atoms with E-state index in [1.807, 2.05) is 12.1 Å². The van der Waals surface area contributed by atoms with Gasteiger partial charge in [0.25, 0.3) is 5.91 Å². The number of nitrogens with zero attached hydrogens (tertiary/aromatic N) is 1. The summed E-state index contributed by atoms with van der Waals surface area (Å²) in [4.78, 5) is 39.4. The average molecular weight is 467 g/mol. The summed E-state index contributed by atoms with van der Waals surface area (Å²) in [5.41, 5.74) is 2.23. The van der Waals surface area contributed by atoms with Gasteiger partial charge in [0, 0.05) is 10.9 Å². The molecule has 9 heteroatoms. The summed E-state index contributed by atoms with van der Waals surface area (Å²) >= 11 is 1.22. The SMILES string of the molecule is CCOC(=O)c1c(-c2ccc(OC)cc2)csc1NC(=O)CN1C(=O)COc2ccccc21. The molecule has 0 spiro atoms. The van der Waals surface area contributed by atoms with E-state index in [0.29, 0.717) is 27.8 Å². The van der Waals surface area contributed by atoms with Crippen LogP contribution in [-0.2, 0) is 14.3 Å². The van der Waals surface area contributed by atoms with Gasteiger partial charge in [-0.1, -0.05) is 24.3 Å². The number of hydrogen-bond acceptors (Lipinski definition) is 7. The van der Waals surface area contributed by atoms with Gasteiger partial charge >= 0.3 is 5.97 Å². The van der Waals surface area contributed by atoms with Gasteiger partial charge in [-0.2, -0.15) is 0 Å². The second kappa shape index (κ2) is 9.74. The maximum atomic E-state index is 12.9. The number of thiophene rings is 1. The third-order valence-corrected chi connectivity index (χ3v) is 5.93. The number of esters is 1. The Morgan fingerprint density at radius 1 is 1.15 bits per heavy atom. The first-order valence-corrected chi connectivity index (χ1v) is 11.1. The van der Waals surface area contributed by atoms with E-state index in [0.717, 1.165) is 5.56 Å². The number of fused-ring (bicyclic) bond motifs is 1. The van der Waals surface area contributed by atoms with Crippen molar-refractivity contribution in [3.8, 4) is 22.6 Å². The molecule has 2 heterocycles. The number of anilines is 2. The summed E-state index contributed by atoms with van der Waals surface area (Å²) in [6, 6.07) is 14.3. The van der Waals surface area contributed by atoms with Crippen molar-refractivity contribution < 1.29 is 28.6 Å². The van der Waals surface area contributed by atoms with E-state index in [9.17, 15) is 14.4 Å². The Hall–Kier alpha value is -3.85. The molecule has 0 atom stereocenters. The van der Waals surface area contributed by atoms with Gasteiger partial charge in [0.2, 0.25) is 5.91 Å². The van der Waals surface area contributed by atoms with Crippen LogP contribution in [0.1, 0.15) is 17.3 Å². The van der Waals surface area contributed by atoms with Crippen LogP contribution >= 0.6 is 11.3 Å². The first-order chi connectivity index (χ1) is 16.0. The van der Waals surface area contributed by atoms with E-state index in [2.05, 4.69) is 5.32 Å². The van der Waals surface area contributed by atoms with Crippen LogP contribution in [-0.4, -0.2) is 44.7 Å². The summed E-state index contributed by atoms with van der Waals surface area (Å²) in [5.74, 6) is -0.0633. The zero-order chi connectivity index (χ0) is 23.4. The van der Waals surface area contributed by atoms with Gasteiger partial charge in [-0.05, 0) is 36.8 Å². The van der Waals surface area contributed by atoms with Crippen LogP contribution in [0.3, 0.4) is 0 Å². The molecule has 170 valence electrons. The lowest BCUT2D eigenvalue weighted by atomic mass is 10.0. The molecule has 3 aromatic rings. The Bertz CT molecular complexity index is 1190. The van der Waals surface area contributed by atoms with E-state index in [1.54, 1.807) is 55.8 Å². The molecule has 8 nitrogen and oxygen atoms in total. The van der Waals surface area contributed by atoms with Crippen molar-refractivity contribution in [1.82, 2.24) is 0 Å². The molecule has 0 saturated carbocycles. The van der Waals surface area contributed by atoms with Crippen molar-refractivity contribution in [2.45, 2.75) is 6.92 Å². The van der Waals surface area contributed by atoms with Crippen LogP contribution in [0.25, 0.3) is 11.1 Å². The standard InChI is InChI=1S/C24H22N2O6S/c1-3-31-24(29)22-17(15-8-10-16(30-2)11-9-15)14-33-23(22)25-20(27)12-26-18-6-4-5-7-19(18)32-13-21(26)28/h4-11,14H,3,12-13H2,1-2H3,(H,25,27). The number of hydrogen-bond donors (Lipinski definition) is 1. The first-order valence-electron chi connectivity index (χ1n) is 10.3. The van der Waals surface area contributed by atoms with Crippen LogP contribution in [0.4, 0.5) is 10.7 Å². The monoisotopic (exact) mass is 466 g/mol. The van der Waals surface area contributed by atoms with Gasteiger partial charge in [-0.25, -0.2) is 4.79 Å². The van der Waals surface area contributed by atoms with Gasteiger partial charge in [0.05, 0.1) is 19.4 Å². The van der Waals surface area contributed by atoms with Gasteiger partial charge < -0.3 is 19.5 Å². The highest BCUT2D eigenvalue weighted by Gasteiger charge is 2.28. The van der Waals surface area contributed by atoms with E-state index < -0.39 is 11.9 Å². The largest absolute Gasteiger partial charge is 0.497 e. The van der Waals surface area contributed by atoms with Gasteiger partial charge in [-0.15, -0.1) is 11.3 Å². The molecule has 0 fully saturated rings. The molecule has 0 saturated heterocycles. The molecule has 0 bridgehead atoms. The molecule has 2 amide bonds. The minimum Gasteiger partial charge on any atom is -0.497 e. The van der Waals surface area contributed by atoms with Crippen molar-refractivity contribution in [3.05, 3.63) is 59.5 Å². The van der Waals surface area contributed by atoms with Crippen molar-refractivity contribution in [1.29, 1.82) is 0 Å². The molecule has 1 aromatic heterocycles. The zero-order valence-corrected chi connectivity index (χ0v) is 18.9. The van der Waals surface area contributed by atoms with Crippen molar-refractivity contribution in [3.63, 3.8) is 0 Å². The number of carbonyl (C=O) groups is 3. The van der Waals surface area contributed by atoms with Crippen molar-refractivity contribution >= 4 is 39.8 Å². The molecule has 0 aliphatic carbocycles. The maximum absolute atomic E-state index is 12.9. The molecular formula is C24H22N2O6S. The number of carbonyl (C=O) groups excluding carboxylic acids is 3. The van der Waals surface area contributed by atoms with Crippen LogP contribution in [0.2, 0.25) is 0 Å². The Labute approximate surface area is 194 Å². The summed E-state index contributed by atoms with van der Waals surface area (Å²) < 4.78 is 15.9. The fraction of sp³-hybridized carbons (Fsp3) is 0.208. The second-order valence-electron chi connectivity index (χ2n) is 7.09. The molecule has 33 heavy (non-hydrogen) atoms. The topological polar surface area (TPSA) is 94.2 Å². The lowest BCUT2D eigenvalue weighted by Crippen LogP contribution is -2.43. The first kappa shape index (κ1) is 22.3. The fourth-order valence-corrected chi connectivity index (χ4v) is 4.45. The molecule has 1 aliphatic rings. The number of amides is 2. The predicted octanol–water partition coefficient (Wildman–Crippen LogP) is 3.96. The van der Waals surface area contributed by atoms with E-state index >= 15 is 0 Å². The zero-order valence-electron chi connectivity index (χ0n) is 18.1. The number of methoxy groups -OCH3 is 1. The molecule has 4 rings (SSSR count). The third-order valence-electron chi connectivity index (χ3n) is 5.03. The minimum atomic E-state index is -0.535. The Kier molecular flexibility index (Phi) is 6.60. The smallest absolute Gasteiger partial charge is 0.341 e.